The van der Waals surface area contributed by atoms with E-state index in [1.165, 1.54) is 7.05 Å². The van der Waals surface area contributed by atoms with Gasteiger partial charge in [0.15, 0.2) is 0 Å². The Kier molecular flexibility index (Phi) is 2.38. The highest BCUT2D eigenvalue weighted by Crippen LogP contribution is 2.17. The van der Waals surface area contributed by atoms with Crippen LogP contribution in [0.25, 0.3) is 0 Å². The zero-order valence-corrected chi connectivity index (χ0v) is 7.96. The van der Waals surface area contributed by atoms with Crippen molar-refractivity contribution in [1.82, 2.24) is 9.55 Å². The second-order valence-electron chi connectivity index (χ2n) is 2.81. The van der Waals surface area contributed by atoms with Crippen LogP contribution in [0.1, 0.15) is 18.4 Å². The van der Waals surface area contributed by atoms with Crippen LogP contribution in [-0.2, 0) is 6.54 Å². The molecule has 68 valence electrons. The Morgan fingerprint density at radius 3 is 2.33 bits per heavy atom. The summed E-state index contributed by atoms with van der Waals surface area (Å²) in [5.74, 6) is 1.42. The lowest BCUT2D eigenvalue weighted by atomic mass is 10.4. The molecule has 0 aliphatic heterocycles. The van der Waals surface area contributed by atoms with E-state index in [4.69, 9.17) is 0 Å². The molecule has 0 amide bonds. The predicted molar refractivity (Wildman–Crippen MR) is 49.1 cm³/mol. The van der Waals surface area contributed by atoms with Gasteiger partial charge in [-0.25, -0.2) is 4.98 Å². The summed E-state index contributed by atoms with van der Waals surface area (Å²) in [6, 6.07) is 0. The zero-order valence-electron chi connectivity index (χ0n) is 7.96. The highest BCUT2D eigenvalue weighted by Gasteiger charge is 2.07. The second-order valence-corrected chi connectivity index (χ2v) is 2.81. The SMILES string of the molecule is CCn1c(C)nc(N(C)[O-])c1C. The van der Waals surface area contributed by atoms with Crippen LogP contribution in [0.15, 0.2) is 0 Å². The fraction of sp³-hybridized carbons (Fsp3) is 0.625. The van der Waals surface area contributed by atoms with E-state index >= 15 is 0 Å². The van der Waals surface area contributed by atoms with Crippen LogP contribution in [0.3, 0.4) is 0 Å². The average Bonchev–Trinajstić information content (AvgIpc) is 2.27. The number of nitrogens with zero attached hydrogens (tertiary/aromatic N) is 3. The summed E-state index contributed by atoms with van der Waals surface area (Å²) in [6.45, 7) is 6.71. The van der Waals surface area contributed by atoms with Crippen molar-refractivity contribution < 1.29 is 0 Å². The number of anilines is 1. The Hall–Kier alpha value is -1.03. The van der Waals surface area contributed by atoms with E-state index < -0.39 is 0 Å². The van der Waals surface area contributed by atoms with Gasteiger partial charge in [0.2, 0.25) is 0 Å². The van der Waals surface area contributed by atoms with Crippen molar-refractivity contribution in [3.8, 4) is 0 Å². The molecule has 0 aromatic carbocycles. The van der Waals surface area contributed by atoms with Crippen LogP contribution in [0.4, 0.5) is 5.82 Å². The van der Waals surface area contributed by atoms with Crippen molar-refractivity contribution in [2.24, 2.45) is 0 Å². The second kappa shape index (κ2) is 3.15. The van der Waals surface area contributed by atoms with Crippen LogP contribution in [0.5, 0.6) is 0 Å². The number of aromatic nitrogens is 2. The lowest BCUT2D eigenvalue weighted by Crippen LogP contribution is -2.08. The van der Waals surface area contributed by atoms with Crippen molar-refractivity contribution in [2.75, 3.05) is 12.1 Å². The molecule has 0 atom stereocenters. The molecule has 1 heterocycles. The molecule has 0 saturated heterocycles. The Labute approximate surface area is 72.4 Å². The van der Waals surface area contributed by atoms with E-state index in [0.29, 0.717) is 5.82 Å². The molecule has 0 aliphatic rings. The molecule has 0 saturated carbocycles. The molecule has 1 rings (SSSR count). The monoisotopic (exact) mass is 168 g/mol. The van der Waals surface area contributed by atoms with Crippen molar-refractivity contribution in [3.05, 3.63) is 16.7 Å². The summed E-state index contributed by atoms with van der Waals surface area (Å²) < 4.78 is 2.02. The Morgan fingerprint density at radius 2 is 2.08 bits per heavy atom. The van der Waals surface area contributed by atoms with Gasteiger partial charge < -0.3 is 14.8 Å². The summed E-state index contributed by atoms with van der Waals surface area (Å²) in [7, 11) is 1.47. The zero-order chi connectivity index (χ0) is 9.30. The molecular weight excluding hydrogens is 154 g/mol. The van der Waals surface area contributed by atoms with E-state index in [9.17, 15) is 5.21 Å². The molecule has 0 bridgehead atoms. The summed E-state index contributed by atoms with van der Waals surface area (Å²) >= 11 is 0. The molecule has 12 heavy (non-hydrogen) atoms. The van der Waals surface area contributed by atoms with E-state index in [1.54, 1.807) is 0 Å². The van der Waals surface area contributed by atoms with E-state index in [2.05, 4.69) is 4.98 Å². The van der Waals surface area contributed by atoms with Gasteiger partial charge in [0, 0.05) is 6.54 Å². The van der Waals surface area contributed by atoms with Gasteiger partial charge in [-0.2, -0.15) is 0 Å². The molecule has 4 nitrogen and oxygen atoms in total. The molecule has 4 heteroatoms. The Morgan fingerprint density at radius 1 is 1.50 bits per heavy atom. The van der Waals surface area contributed by atoms with E-state index in [-0.39, 0.29) is 0 Å². The minimum atomic E-state index is 0.523. The van der Waals surface area contributed by atoms with Crippen molar-refractivity contribution in [3.63, 3.8) is 0 Å². The van der Waals surface area contributed by atoms with Crippen LogP contribution in [0.2, 0.25) is 0 Å². The predicted octanol–water partition coefficient (Wildman–Crippen LogP) is 1.45. The first-order valence-electron chi connectivity index (χ1n) is 4.02. The largest absolute Gasteiger partial charge is 0.757 e. The van der Waals surface area contributed by atoms with Gasteiger partial charge in [-0.05, 0) is 27.8 Å². The molecule has 0 N–H and O–H groups in total. The highest BCUT2D eigenvalue weighted by molar-refractivity contribution is 5.44. The number of hydroxylamine groups is 1. The van der Waals surface area contributed by atoms with Crippen LogP contribution in [-0.4, -0.2) is 16.6 Å². The van der Waals surface area contributed by atoms with Gasteiger partial charge in [0.1, 0.15) is 11.6 Å². The maximum absolute atomic E-state index is 11.0. The first kappa shape index (κ1) is 9.06. The lowest BCUT2D eigenvalue weighted by Gasteiger charge is -2.22. The lowest BCUT2D eigenvalue weighted by molar-refractivity contribution is 0.709. The van der Waals surface area contributed by atoms with Crippen LogP contribution in [0, 0.1) is 19.1 Å². The van der Waals surface area contributed by atoms with Crippen molar-refractivity contribution in [1.29, 1.82) is 0 Å². The molecule has 0 radical (unpaired) electrons. The summed E-state index contributed by atoms with van der Waals surface area (Å²) in [6.07, 6.45) is 0. The third kappa shape index (κ3) is 1.30. The number of rotatable bonds is 2. The number of hydrogen-bond donors (Lipinski definition) is 0. The molecule has 0 aliphatic carbocycles. The van der Waals surface area contributed by atoms with Gasteiger partial charge in [-0.1, -0.05) is 0 Å². The third-order valence-electron chi connectivity index (χ3n) is 2.00. The number of hydrogen-bond acceptors (Lipinski definition) is 3. The normalized spacial score (nSPS) is 10.4. The third-order valence-corrected chi connectivity index (χ3v) is 2.00. The number of imidazole rings is 1. The number of aryl methyl sites for hydroxylation is 1. The summed E-state index contributed by atoms with van der Waals surface area (Å²) in [4.78, 5) is 4.16. The summed E-state index contributed by atoms with van der Waals surface area (Å²) in [5.41, 5.74) is 0.938. The average molecular weight is 168 g/mol. The highest BCUT2D eigenvalue weighted by atomic mass is 16.5. The van der Waals surface area contributed by atoms with E-state index in [0.717, 1.165) is 23.1 Å². The van der Waals surface area contributed by atoms with Crippen molar-refractivity contribution in [2.45, 2.75) is 27.3 Å². The maximum atomic E-state index is 11.0. The first-order valence-corrected chi connectivity index (χ1v) is 4.02. The van der Waals surface area contributed by atoms with Crippen LogP contribution < -0.4 is 5.06 Å². The fourth-order valence-corrected chi connectivity index (χ4v) is 1.42. The first-order chi connectivity index (χ1) is 5.57. The topological polar surface area (TPSA) is 44.1 Å². The van der Waals surface area contributed by atoms with E-state index in [1.807, 2.05) is 25.3 Å². The molecule has 0 spiro atoms. The van der Waals surface area contributed by atoms with Gasteiger partial charge in [0.25, 0.3) is 0 Å². The molecule has 0 unspecified atom stereocenters. The summed E-state index contributed by atoms with van der Waals surface area (Å²) in [5, 5.41) is 11.8. The minimum absolute atomic E-state index is 0.523. The Balaban J connectivity index is 3.17. The van der Waals surface area contributed by atoms with Gasteiger partial charge in [-0.3, -0.25) is 0 Å². The smallest absolute Gasteiger partial charge is 0.139 e. The Bertz CT molecular complexity index is 278. The molecule has 0 fully saturated rings. The molecule has 1 aromatic heterocycles. The van der Waals surface area contributed by atoms with Crippen molar-refractivity contribution >= 4 is 5.82 Å². The maximum Gasteiger partial charge on any atom is 0.139 e. The van der Waals surface area contributed by atoms with Gasteiger partial charge in [-0.15, -0.1) is 0 Å². The van der Waals surface area contributed by atoms with Crippen LogP contribution >= 0.6 is 0 Å². The quantitative estimate of drug-likeness (QED) is 0.628. The standard InChI is InChI=1S/C8H14N3O/c1-5-11-6(2)8(10(4)12)9-7(11)3/h5H2,1-4H3/q-1. The molecular formula is C8H14N3O-. The fourth-order valence-electron chi connectivity index (χ4n) is 1.42. The van der Waals surface area contributed by atoms with Gasteiger partial charge in [0.05, 0.1) is 5.69 Å². The minimum Gasteiger partial charge on any atom is -0.757 e. The molecule has 1 aromatic rings. The van der Waals surface area contributed by atoms with Gasteiger partial charge >= 0.3 is 0 Å².